The van der Waals surface area contributed by atoms with Gasteiger partial charge in [0.15, 0.2) is 0 Å². The SMILES string of the molecule is CCS(=O)(=O)C[C@H]1CNCC(N(CC(C)C)C(=O)c2cnc(C(C)(C)C)nc2NCc2ccco2)C1. The van der Waals surface area contributed by atoms with Crippen LogP contribution < -0.4 is 10.6 Å². The second-order valence-corrected chi connectivity index (χ2v) is 13.5. The van der Waals surface area contributed by atoms with Gasteiger partial charge >= 0.3 is 0 Å². The van der Waals surface area contributed by atoms with Crippen molar-refractivity contribution < 1.29 is 17.6 Å². The number of amides is 1. The van der Waals surface area contributed by atoms with Crippen molar-refractivity contribution in [3.63, 3.8) is 0 Å². The van der Waals surface area contributed by atoms with Gasteiger partial charge in [0, 0.05) is 36.5 Å². The first kappa shape index (κ1) is 28.1. The van der Waals surface area contributed by atoms with Crippen molar-refractivity contribution in [2.45, 2.75) is 66.0 Å². The zero-order chi connectivity index (χ0) is 26.5. The highest BCUT2D eigenvalue weighted by Gasteiger charge is 2.34. The van der Waals surface area contributed by atoms with E-state index in [2.05, 4.69) is 29.5 Å². The molecular formula is C26H41N5O4S. The topological polar surface area (TPSA) is 117 Å². The smallest absolute Gasteiger partial charge is 0.259 e. The summed E-state index contributed by atoms with van der Waals surface area (Å²) in [5.74, 6) is 2.16. The first-order valence-corrected chi connectivity index (χ1v) is 14.6. The number of anilines is 1. The van der Waals surface area contributed by atoms with E-state index in [0.717, 1.165) is 5.76 Å². The molecule has 0 bridgehead atoms. The third-order valence-corrected chi connectivity index (χ3v) is 8.17. The van der Waals surface area contributed by atoms with E-state index in [1.165, 1.54) is 0 Å². The molecule has 1 unspecified atom stereocenters. The Kier molecular flexibility index (Phi) is 9.16. The van der Waals surface area contributed by atoms with E-state index in [4.69, 9.17) is 9.40 Å². The zero-order valence-electron chi connectivity index (χ0n) is 22.4. The molecule has 1 saturated heterocycles. The van der Waals surface area contributed by atoms with Crippen LogP contribution in [0.25, 0.3) is 0 Å². The first-order valence-electron chi connectivity index (χ1n) is 12.8. The average molecular weight is 520 g/mol. The Labute approximate surface area is 215 Å². The molecular weight excluding hydrogens is 478 g/mol. The molecule has 9 nitrogen and oxygen atoms in total. The minimum absolute atomic E-state index is 0.0350. The lowest BCUT2D eigenvalue weighted by atomic mass is 9.94. The Hall–Kier alpha value is -2.46. The minimum atomic E-state index is -3.10. The number of hydrogen-bond acceptors (Lipinski definition) is 8. The number of piperidine rings is 1. The molecule has 3 heterocycles. The Balaban J connectivity index is 1.91. The summed E-state index contributed by atoms with van der Waals surface area (Å²) in [5, 5.41) is 6.64. The van der Waals surface area contributed by atoms with Crippen LogP contribution in [0, 0.1) is 11.8 Å². The first-order chi connectivity index (χ1) is 16.9. The van der Waals surface area contributed by atoms with Crippen LogP contribution in [0.4, 0.5) is 5.82 Å². The van der Waals surface area contributed by atoms with E-state index in [-0.39, 0.29) is 40.7 Å². The van der Waals surface area contributed by atoms with Gasteiger partial charge in [0.1, 0.15) is 32.8 Å². The molecule has 2 aromatic heterocycles. The van der Waals surface area contributed by atoms with Gasteiger partial charge in [-0.3, -0.25) is 4.79 Å². The molecule has 2 aromatic rings. The minimum Gasteiger partial charge on any atom is -0.467 e. The molecule has 200 valence electrons. The number of nitrogens with zero attached hydrogens (tertiary/aromatic N) is 3. The molecule has 36 heavy (non-hydrogen) atoms. The summed E-state index contributed by atoms with van der Waals surface area (Å²) in [7, 11) is -3.10. The normalized spacial score (nSPS) is 18.9. The summed E-state index contributed by atoms with van der Waals surface area (Å²) in [4.78, 5) is 25.2. The van der Waals surface area contributed by atoms with Crippen molar-refractivity contribution in [2.24, 2.45) is 11.8 Å². The van der Waals surface area contributed by atoms with E-state index >= 15 is 0 Å². The second kappa shape index (κ2) is 11.7. The summed E-state index contributed by atoms with van der Waals surface area (Å²) in [5.41, 5.74) is 0.115. The van der Waals surface area contributed by atoms with Gasteiger partial charge in [-0.05, 0) is 36.9 Å². The third-order valence-electron chi connectivity index (χ3n) is 6.31. The Morgan fingerprint density at radius 3 is 2.67 bits per heavy atom. The average Bonchev–Trinajstić information content (AvgIpc) is 3.33. The molecule has 1 fully saturated rings. The maximum atomic E-state index is 14.0. The van der Waals surface area contributed by atoms with Crippen LogP contribution in [-0.4, -0.2) is 66.4 Å². The van der Waals surface area contributed by atoms with Gasteiger partial charge in [0.25, 0.3) is 5.91 Å². The van der Waals surface area contributed by atoms with Crippen molar-refractivity contribution in [3.05, 3.63) is 41.7 Å². The molecule has 2 atom stereocenters. The van der Waals surface area contributed by atoms with Crippen LogP contribution in [0.5, 0.6) is 0 Å². The van der Waals surface area contributed by atoms with Crippen molar-refractivity contribution >= 4 is 21.6 Å². The number of aromatic nitrogens is 2. The fraction of sp³-hybridized carbons (Fsp3) is 0.654. The predicted octanol–water partition coefficient (Wildman–Crippen LogP) is 3.49. The molecule has 10 heteroatoms. The van der Waals surface area contributed by atoms with Crippen molar-refractivity contribution in [1.29, 1.82) is 0 Å². The van der Waals surface area contributed by atoms with Crippen molar-refractivity contribution in [3.8, 4) is 0 Å². The third kappa shape index (κ3) is 7.52. The highest BCUT2D eigenvalue weighted by Crippen LogP contribution is 2.26. The Morgan fingerprint density at radius 2 is 2.06 bits per heavy atom. The van der Waals surface area contributed by atoms with Crippen molar-refractivity contribution in [2.75, 3.05) is 36.5 Å². The van der Waals surface area contributed by atoms with E-state index in [0.29, 0.717) is 49.8 Å². The van der Waals surface area contributed by atoms with Gasteiger partial charge in [0.2, 0.25) is 0 Å². The molecule has 3 rings (SSSR count). The zero-order valence-corrected chi connectivity index (χ0v) is 23.2. The molecule has 1 aliphatic heterocycles. The summed E-state index contributed by atoms with van der Waals surface area (Å²) >= 11 is 0. The van der Waals surface area contributed by atoms with Gasteiger partial charge in [-0.15, -0.1) is 0 Å². The molecule has 2 N–H and O–H groups in total. The standard InChI is InChI=1S/C26H41N5O4S/c1-7-36(33,34)17-19-11-20(13-27-12-19)31(16-18(2)3)24(32)22-15-29-25(26(4,5)6)30-23(22)28-14-21-9-8-10-35-21/h8-10,15,18-20,27H,7,11-14,16-17H2,1-6H3,(H,28,29,30)/t19-,20?/m1/s1. The van der Waals surface area contributed by atoms with Crippen LogP contribution >= 0.6 is 0 Å². The summed E-state index contributed by atoms with van der Waals surface area (Å²) in [6.07, 6.45) is 3.86. The van der Waals surface area contributed by atoms with Crippen LogP contribution in [0.1, 0.15) is 69.9 Å². The molecule has 0 radical (unpaired) electrons. The van der Waals surface area contributed by atoms with Gasteiger partial charge in [0.05, 0.1) is 18.6 Å². The number of carbonyl (C=O) groups excluding carboxylic acids is 1. The largest absolute Gasteiger partial charge is 0.467 e. The van der Waals surface area contributed by atoms with Crippen molar-refractivity contribution in [1.82, 2.24) is 20.2 Å². The summed E-state index contributed by atoms with van der Waals surface area (Å²) in [6.45, 7) is 14.1. The molecule has 0 aliphatic carbocycles. The van der Waals surface area contributed by atoms with E-state index in [9.17, 15) is 13.2 Å². The number of sulfone groups is 1. The summed E-state index contributed by atoms with van der Waals surface area (Å²) in [6, 6.07) is 3.56. The van der Waals surface area contributed by atoms with Crippen LogP contribution in [0.3, 0.4) is 0 Å². The molecule has 1 aliphatic rings. The summed E-state index contributed by atoms with van der Waals surface area (Å²) < 4.78 is 30.0. The second-order valence-electron chi connectivity index (χ2n) is 11.1. The highest BCUT2D eigenvalue weighted by molar-refractivity contribution is 7.91. The molecule has 0 aromatic carbocycles. The molecule has 1 amide bonds. The van der Waals surface area contributed by atoms with Gasteiger partial charge in [-0.1, -0.05) is 41.5 Å². The predicted molar refractivity (Wildman–Crippen MR) is 142 cm³/mol. The number of rotatable bonds is 10. The van der Waals surface area contributed by atoms with Crippen LogP contribution in [0.15, 0.2) is 29.0 Å². The highest BCUT2D eigenvalue weighted by atomic mass is 32.2. The van der Waals surface area contributed by atoms with Crippen LogP contribution in [-0.2, 0) is 21.8 Å². The Morgan fingerprint density at radius 1 is 1.31 bits per heavy atom. The lowest BCUT2D eigenvalue weighted by Crippen LogP contribution is -2.53. The maximum Gasteiger partial charge on any atom is 0.259 e. The lowest BCUT2D eigenvalue weighted by molar-refractivity contribution is 0.0595. The monoisotopic (exact) mass is 519 g/mol. The van der Waals surface area contributed by atoms with E-state index < -0.39 is 9.84 Å². The maximum absolute atomic E-state index is 14.0. The molecule has 0 saturated carbocycles. The molecule has 0 spiro atoms. The number of furan rings is 1. The number of hydrogen-bond donors (Lipinski definition) is 2. The Bertz CT molecular complexity index is 1110. The fourth-order valence-electron chi connectivity index (χ4n) is 4.41. The lowest BCUT2D eigenvalue weighted by Gasteiger charge is -2.39. The number of carbonyl (C=O) groups is 1. The van der Waals surface area contributed by atoms with Gasteiger partial charge in [-0.2, -0.15) is 0 Å². The van der Waals surface area contributed by atoms with Gasteiger partial charge < -0.3 is 20.0 Å². The van der Waals surface area contributed by atoms with Gasteiger partial charge in [-0.25, -0.2) is 18.4 Å². The number of nitrogens with one attached hydrogen (secondary N) is 2. The van der Waals surface area contributed by atoms with Crippen LogP contribution in [0.2, 0.25) is 0 Å². The van der Waals surface area contributed by atoms with E-state index in [1.807, 2.05) is 37.8 Å². The quantitative estimate of drug-likeness (QED) is 0.490. The van der Waals surface area contributed by atoms with E-state index in [1.54, 1.807) is 19.4 Å². The fourth-order valence-corrected chi connectivity index (χ4v) is 5.62.